The zero-order chi connectivity index (χ0) is 14.9. The number of hydrogen-bond acceptors (Lipinski definition) is 3. The van der Waals surface area contributed by atoms with E-state index >= 15 is 0 Å². The Hall–Kier alpha value is -1.79. The van der Waals surface area contributed by atoms with Crippen molar-refractivity contribution in [2.75, 3.05) is 18.8 Å². The van der Waals surface area contributed by atoms with Gasteiger partial charge in [-0.15, -0.1) is 0 Å². The van der Waals surface area contributed by atoms with E-state index in [2.05, 4.69) is 4.98 Å². The number of piperidine rings is 1. The van der Waals surface area contributed by atoms with Crippen LogP contribution in [0.4, 0.5) is 18.9 Å². The van der Waals surface area contributed by atoms with E-state index in [-0.39, 0.29) is 18.5 Å². The minimum Gasteiger partial charge on any atom is -0.397 e. The van der Waals surface area contributed by atoms with Crippen LogP contribution in [0.1, 0.15) is 28.9 Å². The minimum atomic E-state index is -4.26. The summed E-state index contributed by atoms with van der Waals surface area (Å²) in [7, 11) is 0. The summed E-state index contributed by atoms with van der Waals surface area (Å²) in [6, 6.07) is 1.46. The van der Waals surface area contributed by atoms with E-state index in [1.807, 2.05) is 0 Å². The number of carbonyl (C=O) groups is 1. The molecule has 0 saturated carbocycles. The Morgan fingerprint density at radius 2 is 2.20 bits per heavy atom. The van der Waals surface area contributed by atoms with Gasteiger partial charge in [-0.25, -0.2) is 0 Å². The van der Waals surface area contributed by atoms with Crippen LogP contribution in [0.25, 0.3) is 0 Å². The summed E-state index contributed by atoms with van der Waals surface area (Å²) in [6.45, 7) is 1.67. The fourth-order valence-corrected chi connectivity index (χ4v) is 2.36. The van der Waals surface area contributed by atoms with Crippen molar-refractivity contribution < 1.29 is 18.0 Å². The van der Waals surface area contributed by atoms with Crippen LogP contribution in [-0.4, -0.2) is 35.1 Å². The maximum atomic E-state index is 12.8. The van der Waals surface area contributed by atoms with Crippen LogP contribution < -0.4 is 5.73 Å². The molecule has 1 amide bonds. The summed E-state index contributed by atoms with van der Waals surface area (Å²) >= 11 is 0. The fourth-order valence-electron chi connectivity index (χ4n) is 2.36. The first kappa shape index (κ1) is 14.6. The maximum Gasteiger partial charge on any atom is 0.393 e. The summed E-state index contributed by atoms with van der Waals surface area (Å²) in [4.78, 5) is 17.5. The largest absolute Gasteiger partial charge is 0.397 e. The van der Waals surface area contributed by atoms with Crippen LogP contribution in [0.3, 0.4) is 0 Å². The monoisotopic (exact) mass is 287 g/mol. The smallest absolute Gasteiger partial charge is 0.393 e. The highest BCUT2D eigenvalue weighted by Crippen LogP contribution is 2.33. The highest BCUT2D eigenvalue weighted by Gasteiger charge is 2.42. The molecule has 1 unspecified atom stereocenters. The van der Waals surface area contributed by atoms with Gasteiger partial charge < -0.3 is 10.6 Å². The molecule has 1 aliphatic heterocycles. The Morgan fingerprint density at radius 3 is 2.85 bits per heavy atom. The summed E-state index contributed by atoms with van der Waals surface area (Å²) in [5.41, 5.74) is 6.64. The van der Waals surface area contributed by atoms with E-state index in [0.29, 0.717) is 24.3 Å². The third-order valence-electron chi connectivity index (χ3n) is 3.51. The Labute approximate surface area is 114 Å². The minimum absolute atomic E-state index is 0.0709. The number of nitrogens with zero attached hydrogens (tertiary/aromatic N) is 2. The number of amides is 1. The lowest BCUT2D eigenvalue weighted by Gasteiger charge is -2.34. The van der Waals surface area contributed by atoms with Crippen LogP contribution in [0, 0.1) is 12.8 Å². The zero-order valence-electron chi connectivity index (χ0n) is 11.1. The first-order valence-electron chi connectivity index (χ1n) is 6.37. The lowest BCUT2D eigenvalue weighted by Crippen LogP contribution is -2.44. The van der Waals surface area contributed by atoms with Gasteiger partial charge in [-0.1, -0.05) is 0 Å². The molecule has 110 valence electrons. The van der Waals surface area contributed by atoms with Crippen molar-refractivity contribution in [1.29, 1.82) is 0 Å². The normalized spacial score (nSPS) is 20.0. The molecule has 1 fully saturated rings. The van der Waals surface area contributed by atoms with Gasteiger partial charge in [0.05, 0.1) is 29.1 Å². The van der Waals surface area contributed by atoms with Crippen LogP contribution in [0.2, 0.25) is 0 Å². The molecule has 2 rings (SSSR count). The van der Waals surface area contributed by atoms with Crippen molar-refractivity contribution in [3.05, 3.63) is 23.5 Å². The average molecular weight is 287 g/mol. The molecule has 1 aromatic heterocycles. The molecule has 0 radical (unpaired) electrons. The number of alkyl halides is 3. The van der Waals surface area contributed by atoms with Gasteiger partial charge in [0.1, 0.15) is 0 Å². The van der Waals surface area contributed by atoms with Crippen LogP contribution in [0.5, 0.6) is 0 Å². The second-order valence-corrected chi connectivity index (χ2v) is 5.03. The van der Waals surface area contributed by atoms with Crippen LogP contribution in [-0.2, 0) is 0 Å². The SMILES string of the molecule is Cc1ncc(N)cc1C(=O)N1CCCC(C(F)(F)F)C1. The third kappa shape index (κ3) is 3.02. The number of nitrogen functional groups attached to an aromatic ring is 1. The van der Waals surface area contributed by atoms with Gasteiger partial charge in [0.25, 0.3) is 5.91 Å². The number of hydrogen-bond donors (Lipinski definition) is 1. The van der Waals surface area contributed by atoms with E-state index in [1.54, 1.807) is 6.92 Å². The molecule has 20 heavy (non-hydrogen) atoms. The van der Waals surface area contributed by atoms with Gasteiger partial charge in [-0.2, -0.15) is 13.2 Å². The van der Waals surface area contributed by atoms with Crippen molar-refractivity contribution in [2.45, 2.75) is 25.9 Å². The number of likely N-dealkylation sites (tertiary alicyclic amines) is 1. The van der Waals surface area contributed by atoms with Crippen molar-refractivity contribution >= 4 is 11.6 Å². The second kappa shape index (κ2) is 5.30. The van der Waals surface area contributed by atoms with Gasteiger partial charge >= 0.3 is 6.18 Å². The summed E-state index contributed by atoms with van der Waals surface area (Å²) in [6.07, 6.45) is -2.42. The standard InChI is InChI=1S/C13H16F3N3O/c1-8-11(5-10(17)6-18-8)12(20)19-4-2-3-9(7-19)13(14,15)16/h5-6,9H,2-4,7,17H2,1H3. The molecule has 0 spiro atoms. The lowest BCUT2D eigenvalue weighted by atomic mass is 9.96. The number of rotatable bonds is 1. The number of anilines is 1. The predicted molar refractivity (Wildman–Crippen MR) is 68.1 cm³/mol. The highest BCUT2D eigenvalue weighted by molar-refractivity contribution is 5.96. The van der Waals surface area contributed by atoms with Crippen molar-refractivity contribution in [2.24, 2.45) is 5.92 Å². The van der Waals surface area contributed by atoms with E-state index in [1.165, 1.54) is 17.2 Å². The molecule has 1 aliphatic rings. The van der Waals surface area contributed by atoms with Gasteiger partial charge in [-0.3, -0.25) is 9.78 Å². The molecule has 1 aromatic rings. The Kier molecular flexibility index (Phi) is 3.87. The molecular formula is C13H16F3N3O. The number of halogens is 3. The third-order valence-corrected chi connectivity index (χ3v) is 3.51. The topological polar surface area (TPSA) is 59.2 Å². The van der Waals surface area contributed by atoms with Gasteiger partial charge in [-0.05, 0) is 25.8 Å². The first-order chi connectivity index (χ1) is 9.29. The van der Waals surface area contributed by atoms with Crippen molar-refractivity contribution in [3.8, 4) is 0 Å². The van der Waals surface area contributed by atoms with Crippen LogP contribution >= 0.6 is 0 Å². The summed E-state index contributed by atoms with van der Waals surface area (Å²) in [5, 5.41) is 0. The molecule has 0 aliphatic carbocycles. The molecule has 0 aromatic carbocycles. The molecule has 0 bridgehead atoms. The van der Waals surface area contributed by atoms with E-state index in [0.717, 1.165) is 0 Å². The van der Waals surface area contributed by atoms with E-state index < -0.39 is 18.0 Å². The Morgan fingerprint density at radius 1 is 1.50 bits per heavy atom. The predicted octanol–water partition coefficient (Wildman–Crippen LogP) is 2.39. The van der Waals surface area contributed by atoms with Crippen molar-refractivity contribution in [3.63, 3.8) is 0 Å². The quantitative estimate of drug-likeness (QED) is 0.862. The van der Waals surface area contributed by atoms with Gasteiger partial charge in [0, 0.05) is 13.1 Å². The maximum absolute atomic E-state index is 12.8. The van der Waals surface area contributed by atoms with Gasteiger partial charge in [0.2, 0.25) is 0 Å². The van der Waals surface area contributed by atoms with Crippen molar-refractivity contribution in [1.82, 2.24) is 9.88 Å². The molecule has 2 N–H and O–H groups in total. The molecular weight excluding hydrogens is 271 g/mol. The number of carbonyl (C=O) groups excluding carboxylic acids is 1. The molecule has 4 nitrogen and oxygen atoms in total. The molecule has 7 heteroatoms. The van der Waals surface area contributed by atoms with Gasteiger partial charge in [0.15, 0.2) is 0 Å². The fraction of sp³-hybridized carbons (Fsp3) is 0.538. The number of aromatic nitrogens is 1. The molecule has 2 heterocycles. The number of aryl methyl sites for hydroxylation is 1. The molecule has 1 saturated heterocycles. The number of nitrogens with two attached hydrogens (primary N) is 1. The summed E-state index contributed by atoms with van der Waals surface area (Å²) < 4.78 is 38.3. The van der Waals surface area contributed by atoms with E-state index in [9.17, 15) is 18.0 Å². The molecule has 1 atom stereocenters. The van der Waals surface area contributed by atoms with E-state index in [4.69, 9.17) is 5.73 Å². The number of pyridine rings is 1. The van der Waals surface area contributed by atoms with Crippen LogP contribution in [0.15, 0.2) is 12.3 Å². The average Bonchev–Trinajstić information content (AvgIpc) is 2.40. The first-order valence-corrected chi connectivity index (χ1v) is 6.37. The zero-order valence-corrected chi connectivity index (χ0v) is 11.1. The summed E-state index contributed by atoms with van der Waals surface area (Å²) in [5.74, 6) is -1.88. The Bertz CT molecular complexity index is 516. The highest BCUT2D eigenvalue weighted by atomic mass is 19.4. The Balaban J connectivity index is 2.18. The second-order valence-electron chi connectivity index (χ2n) is 5.03. The lowest BCUT2D eigenvalue weighted by molar-refractivity contribution is -0.184.